The number of para-hydroxylation sites is 1. The maximum Gasteiger partial charge on any atom is 0.191 e. The third-order valence-electron chi connectivity index (χ3n) is 4.39. The Morgan fingerprint density at radius 1 is 1.26 bits per heavy atom. The van der Waals surface area contributed by atoms with Crippen LogP contribution in [0.3, 0.4) is 0 Å². The van der Waals surface area contributed by atoms with Gasteiger partial charge in [-0.25, -0.2) is 4.98 Å². The molecule has 2 N–H and O–H groups in total. The maximum absolute atomic E-state index is 5.82. The molecule has 0 amide bonds. The zero-order chi connectivity index (χ0) is 18.2. The number of nitrogens with one attached hydrogen (secondary N) is 2. The van der Waals surface area contributed by atoms with Gasteiger partial charge in [-0.05, 0) is 43.0 Å². The summed E-state index contributed by atoms with van der Waals surface area (Å²) in [4.78, 5) is 8.90. The average molecular weight is 501 g/mol. The van der Waals surface area contributed by atoms with Gasteiger partial charge in [-0.15, -0.1) is 24.0 Å². The Bertz CT molecular complexity index is 739. The van der Waals surface area contributed by atoms with Gasteiger partial charge >= 0.3 is 0 Å². The molecular weight excluding hydrogens is 475 g/mol. The summed E-state index contributed by atoms with van der Waals surface area (Å²) in [7, 11) is 0. The second-order valence-corrected chi connectivity index (χ2v) is 6.64. The van der Waals surface area contributed by atoms with Crippen LogP contribution in [0.25, 0.3) is 0 Å². The summed E-state index contributed by atoms with van der Waals surface area (Å²) in [5.74, 6) is 2.24. The standard InChI is InChI=1S/C20H25ClN4O.HI/c1-2-22-20(23-11-9-15-7-8-19(21)24-13-15)25-14-16-10-12-26-18-6-4-3-5-17(16)18;/h3-8,13,16H,2,9-12,14H2,1H3,(H2,22,23,25);1H. The molecule has 3 rings (SSSR count). The lowest BCUT2D eigenvalue weighted by Crippen LogP contribution is -2.38. The minimum absolute atomic E-state index is 0. The van der Waals surface area contributed by atoms with Gasteiger partial charge in [-0.2, -0.15) is 0 Å². The molecule has 146 valence electrons. The second-order valence-electron chi connectivity index (χ2n) is 6.26. The number of aromatic nitrogens is 1. The van der Waals surface area contributed by atoms with Gasteiger partial charge in [0.15, 0.2) is 5.96 Å². The molecule has 5 nitrogen and oxygen atoms in total. The van der Waals surface area contributed by atoms with Crippen LogP contribution in [0.1, 0.15) is 30.4 Å². The number of ether oxygens (including phenoxy) is 1. The Morgan fingerprint density at radius 2 is 2.11 bits per heavy atom. The molecule has 0 saturated carbocycles. The van der Waals surface area contributed by atoms with Crippen LogP contribution in [0, 0.1) is 0 Å². The van der Waals surface area contributed by atoms with Crippen molar-refractivity contribution in [2.24, 2.45) is 4.99 Å². The Balaban J connectivity index is 0.00000261. The molecule has 2 heterocycles. The van der Waals surface area contributed by atoms with Crippen molar-refractivity contribution in [3.63, 3.8) is 0 Å². The fourth-order valence-electron chi connectivity index (χ4n) is 3.03. The maximum atomic E-state index is 5.82. The highest BCUT2D eigenvalue weighted by Gasteiger charge is 2.20. The number of hydrogen-bond donors (Lipinski definition) is 2. The molecule has 2 aromatic rings. The molecule has 1 unspecified atom stereocenters. The molecule has 0 fully saturated rings. The summed E-state index contributed by atoms with van der Waals surface area (Å²) in [5.41, 5.74) is 2.40. The Hall–Kier alpha value is -1.54. The number of pyridine rings is 1. The lowest BCUT2D eigenvalue weighted by Gasteiger charge is -2.25. The van der Waals surface area contributed by atoms with Gasteiger partial charge in [-0.3, -0.25) is 4.99 Å². The van der Waals surface area contributed by atoms with Crippen LogP contribution in [0.5, 0.6) is 5.75 Å². The number of nitrogens with zero attached hydrogens (tertiary/aromatic N) is 2. The molecule has 0 spiro atoms. The highest BCUT2D eigenvalue weighted by atomic mass is 127. The third kappa shape index (κ3) is 6.53. The van der Waals surface area contributed by atoms with Crippen LogP contribution in [0.15, 0.2) is 47.6 Å². The molecule has 1 aliphatic rings. The van der Waals surface area contributed by atoms with E-state index >= 15 is 0 Å². The number of fused-ring (bicyclic) bond motifs is 1. The van der Waals surface area contributed by atoms with Gasteiger partial charge < -0.3 is 15.4 Å². The summed E-state index contributed by atoms with van der Waals surface area (Å²) in [6, 6.07) is 12.1. The number of halogens is 2. The molecule has 7 heteroatoms. The molecule has 0 aliphatic carbocycles. The second kappa shape index (κ2) is 11.3. The Kier molecular flexibility index (Phi) is 9.14. The largest absolute Gasteiger partial charge is 0.493 e. The molecule has 0 bridgehead atoms. The molecule has 27 heavy (non-hydrogen) atoms. The van der Waals surface area contributed by atoms with E-state index in [1.807, 2.05) is 30.5 Å². The van der Waals surface area contributed by atoms with Crippen LogP contribution < -0.4 is 15.4 Å². The van der Waals surface area contributed by atoms with Crippen molar-refractivity contribution in [1.29, 1.82) is 0 Å². The minimum atomic E-state index is 0. The zero-order valence-corrected chi connectivity index (χ0v) is 18.5. The summed E-state index contributed by atoms with van der Waals surface area (Å²) in [6.07, 6.45) is 3.68. The Morgan fingerprint density at radius 3 is 2.89 bits per heavy atom. The normalized spacial score (nSPS) is 15.9. The first-order valence-corrected chi connectivity index (χ1v) is 9.48. The van der Waals surface area contributed by atoms with E-state index in [-0.39, 0.29) is 24.0 Å². The van der Waals surface area contributed by atoms with Crippen LogP contribution in [0.4, 0.5) is 0 Å². The molecule has 1 atom stereocenters. The molecule has 1 aliphatic heterocycles. The van der Waals surface area contributed by atoms with E-state index in [0.717, 1.165) is 56.4 Å². The number of benzene rings is 1. The fourth-order valence-corrected chi connectivity index (χ4v) is 3.14. The van der Waals surface area contributed by atoms with Gasteiger partial charge in [0.25, 0.3) is 0 Å². The van der Waals surface area contributed by atoms with Gasteiger partial charge in [0, 0.05) is 31.7 Å². The smallest absolute Gasteiger partial charge is 0.191 e. The highest BCUT2D eigenvalue weighted by molar-refractivity contribution is 14.0. The van der Waals surface area contributed by atoms with Gasteiger partial charge in [0.1, 0.15) is 10.9 Å². The number of hydrogen-bond acceptors (Lipinski definition) is 3. The first-order valence-electron chi connectivity index (χ1n) is 9.10. The van der Waals surface area contributed by atoms with E-state index in [1.54, 1.807) is 0 Å². The van der Waals surface area contributed by atoms with Crippen molar-refractivity contribution in [2.75, 3.05) is 26.2 Å². The predicted molar refractivity (Wildman–Crippen MR) is 122 cm³/mol. The number of aliphatic imine (C=N–C) groups is 1. The van der Waals surface area contributed by atoms with E-state index in [1.165, 1.54) is 5.56 Å². The van der Waals surface area contributed by atoms with E-state index in [9.17, 15) is 0 Å². The van der Waals surface area contributed by atoms with Gasteiger partial charge in [-0.1, -0.05) is 35.9 Å². The predicted octanol–water partition coefficient (Wildman–Crippen LogP) is 4.02. The molecule has 1 aromatic heterocycles. The van der Waals surface area contributed by atoms with E-state index in [4.69, 9.17) is 21.3 Å². The van der Waals surface area contributed by atoms with Crippen molar-refractivity contribution in [2.45, 2.75) is 25.7 Å². The summed E-state index contributed by atoms with van der Waals surface area (Å²) < 4.78 is 5.74. The van der Waals surface area contributed by atoms with Crippen molar-refractivity contribution >= 4 is 41.5 Å². The Labute approximate surface area is 183 Å². The van der Waals surface area contributed by atoms with E-state index in [2.05, 4.69) is 34.7 Å². The van der Waals surface area contributed by atoms with Crippen molar-refractivity contribution in [1.82, 2.24) is 15.6 Å². The third-order valence-corrected chi connectivity index (χ3v) is 4.62. The van der Waals surface area contributed by atoms with Crippen LogP contribution >= 0.6 is 35.6 Å². The first kappa shape index (κ1) is 21.8. The van der Waals surface area contributed by atoms with Crippen LogP contribution in [-0.2, 0) is 6.42 Å². The van der Waals surface area contributed by atoms with Crippen LogP contribution in [0.2, 0.25) is 5.15 Å². The topological polar surface area (TPSA) is 58.5 Å². The van der Waals surface area contributed by atoms with E-state index in [0.29, 0.717) is 11.1 Å². The molecular formula is C20H26ClIN4O. The number of rotatable bonds is 6. The fraction of sp³-hybridized carbons (Fsp3) is 0.400. The zero-order valence-electron chi connectivity index (χ0n) is 15.5. The first-order chi connectivity index (χ1) is 12.8. The van der Waals surface area contributed by atoms with Crippen LogP contribution in [-0.4, -0.2) is 37.2 Å². The summed E-state index contributed by atoms with van der Waals surface area (Å²) >= 11 is 5.82. The minimum Gasteiger partial charge on any atom is -0.493 e. The monoisotopic (exact) mass is 500 g/mol. The lowest BCUT2D eigenvalue weighted by atomic mass is 9.93. The lowest BCUT2D eigenvalue weighted by molar-refractivity contribution is 0.269. The molecule has 1 aromatic carbocycles. The number of guanidine groups is 1. The molecule has 0 saturated heterocycles. The average Bonchev–Trinajstić information content (AvgIpc) is 2.67. The SMILES string of the molecule is CCNC(=NCC1CCOc2ccccc21)NCCc1ccc(Cl)nc1.I. The van der Waals surface area contributed by atoms with Gasteiger partial charge in [0.05, 0.1) is 6.61 Å². The summed E-state index contributed by atoms with van der Waals surface area (Å²) in [5, 5.41) is 7.23. The molecule has 0 radical (unpaired) electrons. The quantitative estimate of drug-likeness (QED) is 0.272. The highest BCUT2D eigenvalue weighted by Crippen LogP contribution is 2.33. The van der Waals surface area contributed by atoms with Gasteiger partial charge in [0.2, 0.25) is 0 Å². The van der Waals surface area contributed by atoms with Crippen molar-refractivity contribution in [3.05, 3.63) is 58.9 Å². The van der Waals surface area contributed by atoms with E-state index < -0.39 is 0 Å². The van der Waals surface area contributed by atoms with Crippen molar-refractivity contribution in [3.8, 4) is 5.75 Å². The van der Waals surface area contributed by atoms with Crippen molar-refractivity contribution < 1.29 is 4.74 Å². The summed E-state index contributed by atoms with van der Waals surface area (Å²) in [6.45, 7) is 5.20.